The molecule has 0 spiro atoms. The van der Waals surface area contributed by atoms with Gasteiger partial charge in [-0.25, -0.2) is 0 Å². The monoisotopic (exact) mass is 313 g/mol. The minimum Gasteiger partial charge on any atom is -0.379 e. The van der Waals surface area contributed by atoms with Crippen molar-refractivity contribution in [1.82, 2.24) is 10.2 Å². The second-order valence-electron chi connectivity index (χ2n) is 6.35. The minimum absolute atomic E-state index is 0.716. The Morgan fingerprint density at radius 3 is 2.90 bits per heavy atom. The van der Waals surface area contributed by atoms with Crippen LogP contribution in [0, 0.1) is 11.8 Å². The molecule has 0 aromatic rings. The second kappa shape index (κ2) is 8.89. The van der Waals surface area contributed by atoms with Crippen molar-refractivity contribution in [3.8, 4) is 0 Å². The first kappa shape index (κ1) is 16.9. The Morgan fingerprint density at radius 2 is 2.24 bits per heavy atom. The van der Waals surface area contributed by atoms with Gasteiger partial charge in [0.25, 0.3) is 0 Å². The second-order valence-corrected chi connectivity index (χ2v) is 7.70. The van der Waals surface area contributed by atoms with Crippen molar-refractivity contribution < 1.29 is 4.74 Å². The highest BCUT2D eigenvalue weighted by atomic mass is 32.2. The summed E-state index contributed by atoms with van der Waals surface area (Å²) in [6, 6.07) is 0. The fourth-order valence-corrected chi connectivity index (χ4v) is 3.75. The number of hydrogen-bond acceptors (Lipinski definition) is 3. The average molecular weight is 314 g/mol. The van der Waals surface area contributed by atoms with Crippen molar-refractivity contribution in [3.05, 3.63) is 0 Å². The van der Waals surface area contributed by atoms with Gasteiger partial charge in [0.05, 0.1) is 13.2 Å². The van der Waals surface area contributed by atoms with Gasteiger partial charge >= 0.3 is 0 Å². The minimum atomic E-state index is 0.716. The van der Waals surface area contributed by atoms with Crippen LogP contribution in [-0.2, 0) is 4.74 Å². The molecule has 1 aliphatic heterocycles. The largest absolute Gasteiger partial charge is 0.379 e. The van der Waals surface area contributed by atoms with Crippen LogP contribution in [0.1, 0.15) is 33.6 Å². The third kappa shape index (κ3) is 6.07. The van der Waals surface area contributed by atoms with Crippen LogP contribution < -0.4 is 5.32 Å². The molecule has 1 N–H and O–H groups in total. The van der Waals surface area contributed by atoms with Gasteiger partial charge in [-0.15, -0.1) is 0 Å². The Bertz CT molecular complexity index is 331. The van der Waals surface area contributed by atoms with Crippen molar-refractivity contribution in [2.45, 2.75) is 38.9 Å². The van der Waals surface area contributed by atoms with E-state index >= 15 is 0 Å². The molecule has 5 heteroatoms. The average Bonchev–Trinajstić information content (AvgIpc) is 3.30. The number of hydrogen-bond donors (Lipinski definition) is 1. The highest BCUT2D eigenvalue weighted by Crippen LogP contribution is 2.28. The molecule has 0 amide bonds. The molecule has 1 aliphatic carbocycles. The summed E-state index contributed by atoms with van der Waals surface area (Å²) in [5, 5.41) is 4.15. The Hall–Kier alpha value is -0.420. The zero-order chi connectivity index (χ0) is 15.1. The molecule has 2 fully saturated rings. The number of rotatable bonds is 7. The van der Waals surface area contributed by atoms with E-state index < -0.39 is 0 Å². The third-order valence-electron chi connectivity index (χ3n) is 4.02. The lowest BCUT2D eigenvalue weighted by atomic mass is 10.1. The number of aliphatic imine (C=N–C) groups is 1. The highest BCUT2D eigenvalue weighted by molar-refractivity contribution is 8.00. The topological polar surface area (TPSA) is 36.9 Å². The normalized spacial score (nSPS) is 23.7. The van der Waals surface area contributed by atoms with Crippen molar-refractivity contribution in [1.29, 1.82) is 0 Å². The first-order chi connectivity index (χ1) is 10.2. The lowest BCUT2D eigenvalue weighted by Gasteiger charge is -2.36. The number of nitrogens with zero attached hydrogens (tertiary/aromatic N) is 2. The summed E-state index contributed by atoms with van der Waals surface area (Å²) in [7, 11) is 0. The summed E-state index contributed by atoms with van der Waals surface area (Å²) in [5.74, 6) is 3.83. The van der Waals surface area contributed by atoms with Crippen LogP contribution >= 0.6 is 11.8 Å². The van der Waals surface area contributed by atoms with Crippen LogP contribution in [0.4, 0.5) is 0 Å². The Balaban J connectivity index is 1.77. The molecule has 0 aromatic heterocycles. The maximum absolute atomic E-state index is 5.68. The van der Waals surface area contributed by atoms with Crippen LogP contribution in [-0.4, -0.2) is 61.3 Å². The first-order valence-corrected chi connectivity index (χ1v) is 9.48. The van der Waals surface area contributed by atoms with Crippen LogP contribution in [0.2, 0.25) is 0 Å². The maximum atomic E-state index is 5.68. The molecule has 1 atom stereocenters. The first-order valence-electron chi connectivity index (χ1n) is 8.43. The fourth-order valence-electron chi connectivity index (χ4n) is 2.45. The van der Waals surface area contributed by atoms with Gasteiger partial charge in [0.15, 0.2) is 5.96 Å². The van der Waals surface area contributed by atoms with Gasteiger partial charge in [-0.3, -0.25) is 4.99 Å². The van der Waals surface area contributed by atoms with E-state index in [1.807, 2.05) is 0 Å². The molecule has 1 saturated carbocycles. The smallest absolute Gasteiger partial charge is 0.194 e. The van der Waals surface area contributed by atoms with E-state index in [0.717, 1.165) is 57.2 Å². The van der Waals surface area contributed by atoms with Crippen molar-refractivity contribution in [2.24, 2.45) is 16.8 Å². The van der Waals surface area contributed by atoms with Gasteiger partial charge in [0.2, 0.25) is 0 Å². The van der Waals surface area contributed by atoms with Crippen LogP contribution in [0.25, 0.3) is 0 Å². The Kier molecular flexibility index (Phi) is 7.17. The number of guanidine groups is 1. The zero-order valence-electron chi connectivity index (χ0n) is 13.8. The Labute approximate surface area is 134 Å². The predicted molar refractivity (Wildman–Crippen MR) is 92.2 cm³/mol. The van der Waals surface area contributed by atoms with Gasteiger partial charge in [0.1, 0.15) is 0 Å². The SMILES string of the molecule is CCNC(=NCCOCC1CC1)N1CCSC(C(C)C)C1. The van der Waals surface area contributed by atoms with E-state index in [0.29, 0.717) is 5.25 Å². The summed E-state index contributed by atoms with van der Waals surface area (Å²) in [6.45, 7) is 12.4. The standard InChI is InChI=1S/C16H31N3OS/c1-4-17-16(18-7-9-20-12-14-5-6-14)19-8-10-21-15(11-19)13(2)3/h13-15H,4-12H2,1-3H3,(H,17,18). The molecule has 2 aliphatic rings. The third-order valence-corrected chi connectivity index (χ3v) is 5.56. The van der Waals surface area contributed by atoms with Crippen molar-refractivity contribution in [2.75, 3.05) is 45.1 Å². The van der Waals surface area contributed by atoms with Crippen LogP contribution in [0.5, 0.6) is 0 Å². The maximum Gasteiger partial charge on any atom is 0.194 e. The number of thioether (sulfide) groups is 1. The molecule has 4 nitrogen and oxygen atoms in total. The van der Waals surface area contributed by atoms with Gasteiger partial charge in [-0.2, -0.15) is 11.8 Å². The van der Waals surface area contributed by atoms with Gasteiger partial charge in [0, 0.05) is 37.2 Å². The van der Waals surface area contributed by atoms with Gasteiger partial charge in [-0.1, -0.05) is 13.8 Å². The number of ether oxygens (including phenoxy) is 1. The molecule has 0 bridgehead atoms. The summed E-state index contributed by atoms with van der Waals surface area (Å²) in [5.41, 5.74) is 0. The highest BCUT2D eigenvalue weighted by Gasteiger charge is 2.25. The molecular weight excluding hydrogens is 282 g/mol. The van der Waals surface area contributed by atoms with E-state index in [9.17, 15) is 0 Å². The molecule has 2 rings (SSSR count). The zero-order valence-corrected chi connectivity index (χ0v) is 14.6. The van der Waals surface area contributed by atoms with Crippen molar-refractivity contribution in [3.63, 3.8) is 0 Å². The lowest BCUT2D eigenvalue weighted by Crippen LogP contribution is -2.49. The molecule has 1 heterocycles. The predicted octanol–water partition coefficient (Wildman–Crippen LogP) is 2.45. The van der Waals surface area contributed by atoms with Crippen LogP contribution in [0.15, 0.2) is 4.99 Å². The summed E-state index contributed by atoms with van der Waals surface area (Å²) in [4.78, 5) is 7.17. The fraction of sp³-hybridized carbons (Fsp3) is 0.938. The lowest BCUT2D eigenvalue weighted by molar-refractivity contribution is 0.131. The summed E-state index contributed by atoms with van der Waals surface area (Å²) < 4.78 is 5.68. The Morgan fingerprint density at radius 1 is 1.43 bits per heavy atom. The molecule has 1 unspecified atom stereocenters. The van der Waals surface area contributed by atoms with Gasteiger partial charge < -0.3 is 15.0 Å². The van der Waals surface area contributed by atoms with E-state index in [1.54, 1.807) is 0 Å². The molecule has 21 heavy (non-hydrogen) atoms. The summed E-state index contributed by atoms with van der Waals surface area (Å²) >= 11 is 2.10. The van der Waals surface area contributed by atoms with E-state index in [2.05, 4.69) is 42.7 Å². The van der Waals surface area contributed by atoms with Crippen LogP contribution in [0.3, 0.4) is 0 Å². The quantitative estimate of drug-likeness (QED) is 0.445. The van der Waals surface area contributed by atoms with Gasteiger partial charge in [-0.05, 0) is 31.6 Å². The molecule has 0 radical (unpaired) electrons. The van der Waals surface area contributed by atoms with E-state index in [-0.39, 0.29) is 0 Å². The van der Waals surface area contributed by atoms with Crippen molar-refractivity contribution >= 4 is 17.7 Å². The summed E-state index contributed by atoms with van der Waals surface area (Å²) in [6.07, 6.45) is 2.71. The van der Waals surface area contributed by atoms with E-state index in [4.69, 9.17) is 9.73 Å². The van der Waals surface area contributed by atoms with E-state index in [1.165, 1.54) is 18.6 Å². The molecule has 1 saturated heterocycles. The molecule has 122 valence electrons. The molecule has 0 aromatic carbocycles. The molecular formula is C16H31N3OS. The number of nitrogens with one attached hydrogen (secondary N) is 1.